The molecule has 2 rings (SSSR count). The summed E-state index contributed by atoms with van der Waals surface area (Å²) in [6, 6.07) is 3.69. The molecule has 19 heavy (non-hydrogen) atoms. The molecular formula is C16H23F2N. The molecule has 1 fully saturated rings. The Morgan fingerprint density at radius 1 is 1.21 bits per heavy atom. The summed E-state index contributed by atoms with van der Waals surface area (Å²) in [5, 5.41) is 3.31. The van der Waals surface area contributed by atoms with Crippen LogP contribution in [0, 0.1) is 17.6 Å². The standard InChI is InChI=1S/C16H23F2N/c1-2-19-16(10-12-6-4-3-5-7-12)14-11-13(17)8-9-15(14)18/h8-9,11-12,16,19H,2-7,10H2,1H3. The Morgan fingerprint density at radius 3 is 2.63 bits per heavy atom. The van der Waals surface area contributed by atoms with Crippen LogP contribution in [-0.4, -0.2) is 6.54 Å². The van der Waals surface area contributed by atoms with Crippen molar-refractivity contribution >= 4 is 0 Å². The van der Waals surface area contributed by atoms with Gasteiger partial charge in [0, 0.05) is 11.6 Å². The van der Waals surface area contributed by atoms with Gasteiger partial charge in [0.05, 0.1) is 0 Å². The Morgan fingerprint density at radius 2 is 1.95 bits per heavy atom. The van der Waals surface area contributed by atoms with Crippen molar-refractivity contribution in [3.8, 4) is 0 Å². The summed E-state index contributed by atoms with van der Waals surface area (Å²) in [6.45, 7) is 2.78. The van der Waals surface area contributed by atoms with Gasteiger partial charge < -0.3 is 5.32 Å². The lowest BCUT2D eigenvalue weighted by Gasteiger charge is -2.27. The molecule has 3 heteroatoms. The number of benzene rings is 1. The second-order valence-electron chi connectivity index (χ2n) is 5.52. The molecule has 0 aliphatic heterocycles. The summed E-state index contributed by atoms with van der Waals surface area (Å²) < 4.78 is 27.2. The van der Waals surface area contributed by atoms with Crippen molar-refractivity contribution in [1.82, 2.24) is 5.32 Å². The minimum atomic E-state index is -0.358. The first kappa shape index (κ1) is 14.4. The van der Waals surface area contributed by atoms with E-state index in [2.05, 4.69) is 5.32 Å². The van der Waals surface area contributed by atoms with Gasteiger partial charge >= 0.3 is 0 Å². The Labute approximate surface area is 114 Å². The second kappa shape index (κ2) is 6.99. The van der Waals surface area contributed by atoms with Gasteiger partial charge in [-0.25, -0.2) is 8.78 Å². The van der Waals surface area contributed by atoms with Crippen LogP contribution in [0.4, 0.5) is 8.78 Å². The van der Waals surface area contributed by atoms with E-state index >= 15 is 0 Å². The van der Waals surface area contributed by atoms with E-state index in [4.69, 9.17) is 0 Å². The molecule has 1 unspecified atom stereocenters. The Kier molecular flexibility index (Phi) is 5.32. The number of hydrogen-bond acceptors (Lipinski definition) is 1. The summed E-state index contributed by atoms with van der Waals surface area (Å²) >= 11 is 0. The smallest absolute Gasteiger partial charge is 0.128 e. The van der Waals surface area contributed by atoms with Crippen LogP contribution in [0.3, 0.4) is 0 Å². The molecule has 1 aromatic carbocycles. The van der Waals surface area contributed by atoms with Crippen LogP contribution in [-0.2, 0) is 0 Å². The molecule has 0 heterocycles. The van der Waals surface area contributed by atoms with Gasteiger partial charge in [-0.15, -0.1) is 0 Å². The van der Waals surface area contributed by atoms with Crippen molar-refractivity contribution in [2.75, 3.05) is 6.54 Å². The van der Waals surface area contributed by atoms with Crippen LogP contribution in [0.25, 0.3) is 0 Å². The molecule has 0 bridgehead atoms. The first-order valence-corrected chi connectivity index (χ1v) is 7.39. The molecule has 106 valence electrons. The van der Waals surface area contributed by atoms with E-state index in [1.165, 1.54) is 50.3 Å². The van der Waals surface area contributed by atoms with E-state index in [-0.39, 0.29) is 17.7 Å². The highest BCUT2D eigenvalue weighted by atomic mass is 19.1. The van der Waals surface area contributed by atoms with Crippen molar-refractivity contribution < 1.29 is 8.78 Å². The molecule has 1 N–H and O–H groups in total. The third-order valence-corrected chi connectivity index (χ3v) is 4.08. The van der Waals surface area contributed by atoms with E-state index in [0.717, 1.165) is 13.0 Å². The van der Waals surface area contributed by atoms with E-state index in [1.54, 1.807) is 0 Å². The fraction of sp³-hybridized carbons (Fsp3) is 0.625. The van der Waals surface area contributed by atoms with Crippen LogP contribution in [0.1, 0.15) is 57.1 Å². The Bertz CT molecular complexity index is 400. The highest BCUT2D eigenvalue weighted by Crippen LogP contribution is 2.32. The lowest BCUT2D eigenvalue weighted by molar-refractivity contribution is 0.298. The molecule has 1 aliphatic rings. The predicted molar refractivity (Wildman–Crippen MR) is 74.0 cm³/mol. The zero-order valence-corrected chi connectivity index (χ0v) is 11.6. The molecule has 0 saturated heterocycles. The summed E-state index contributed by atoms with van der Waals surface area (Å²) in [7, 11) is 0. The summed E-state index contributed by atoms with van der Waals surface area (Å²) in [5.74, 6) is -0.0217. The molecule has 1 atom stereocenters. The summed E-state index contributed by atoms with van der Waals surface area (Å²) in [6.07, 6.45) is 7.22. The van der Waals surface area contributed by atoms with Crippen molar-refractivity contribution in [2.45, 2.75) is 51.5 Å². The molecule has 1 saturated carbocycles. The van der Waals surface area contributed by atoms with Crippen molar-refractivity contribution in [3.63, 3.8) is 0 Å². The molecule has 0 aromatic heterocycles. The van der Waals surface area contributed by atoms with Crippen LogP contribution >= 0.6 is 0 Å². The maximum atomic E-state index is 13.9. The van der Waals surface area contributed by atoms with Gasteiger partial charge in [0.15, 0.2) is 0 Å². The lowest BCUT2D eigenvalue weighted by Crippen LogP contribution is -2.25. The van der Waals surface area contributed by atoms with Crippen LogP contribution in [0.15, 0.2) is 18.2 Å². The number of nitrogens with one attached hydrogen (secondary N) is 1. The highest BCUT2D eigenvalue weighted by Gasteiger charge is 2.22. The van der Waals surface area contributed by atoms with Crippen molar-refractivity contribution in [1.29, 1.82) is 0 Å². The van der Waals surface area contributed by atoms with Gasteiger partial charge in [0.25, 0.3) is 0 Å². The normalized spacial score (nSPS) is 18.5. The van der Waals surface area contributed by atoms with Gasteiger partial charge in [-0.1, -0.05) is 39.0 Å². The van der Waals surface area contributed by atoms with Gasteiger partial charge in [-0.3, -0.25) is 0 Å². The minimum absolute atomic E-state index is 0.0659. The molecule has 0 spiro atoms. The number of rotatable bonds is 5. The first-order chi connectivity index (χ1) is 9.20. The molecule has 0 radical (unpaired) electrons. The van der Waals surface area contributed by atoms with Crippen LogP contribution in [0.2, 0.25) is 0 Å². The average Bonchev–Trinajstić information content (AvgIpc) is 2.42. The SMILES string of the molecule is CCNC(CC1CCCCC1)c1cc(F)ccc1F. The Balaban J connectivity index is 2.11. The lowest BCUT2D eigenvalue weighted by atomic mass is 9.83. The molecular weight excluding hydrogens is 244 g/mol. The van der Waals surface area contributed by atoms with Crippen molar-refractivity contribution in [2.24, 2.45) is 5.92 Å². The van der Waals surface area contributed by atoms with Crippen LogP contribution in [0.5, 0.6) is 0 Å². The fourth-order valence-electron chi connectivity index (χ4n) is 3.10. The van der Waals surface area contributed by atoms with Gasteiger partial charge in [-0.2, -0.15) is 0 Å². The predicted octanol–water partition coefficient (Wildman–Crippen LogP) is 4.59. The monoisotopic (exact) mass is 267 g/mol. The van der Waals surface area contributed by atoms with E-state index in [0.29, 0.717) is 11.5 Å². The van der Waals surface area contributed by atoms with Crippen molar-refractivity contribution in [3.05, 3.63) is 35.4 Å². The van der Waals surface area contributed by atoms with Gasteiger partial charge in [0.1, 0.15) is 11.6 Å². The molecule has 1 aliphatic carbocycles. The Hall–Kier alpha value is -0.960. The number of halogens is 2. The molecule has 0 amide bonds. The zero-order valence-electron chi connectivity index (χ0n) is 11.6. The quantitative estimate of drug-likeness (QED) is 0.823. The van der Waals surface area contributed by atoms with E-state index < -0.39 is 0 Å². The highest BCUT2D eigenvalue weighted by molar-refractivity contribution is 5.22. The van der Waals surface area contributed by atoms with Crippen LogP contribution < -0.4 is 5.32 Å². The summed E-state index contributed by atoms with van der Waals surface area (Å²) in [4.78, 5) is 0. The fourth-order valence-corrected chi connectivity index (χ4v) is 3.10. The largest absolute Gasteiger partial charge is 0.310 e. The topological polar surface area (TPSA) is 12.0 Å². The minimum Gasteiger partial charge on any atom is -0.310 e. The second-order valence-corrected chi connectivity index (χ2v) is 5.52. The zero-order chi connectivity index (χ0) is 13.7. The van der Waals surface area contributed by atoms with Gasteiger partial charge in [-0.05, 0) is 37.1 Å². The van der Waals surface area contributed by atoms with E-state index in [1.807, 2.05) is 6.92 Å². The molecule has 1 nitrogen and oxygen atoms in total. The number of hydrogen-bond donors (Lipinski definition) is 1. The molecule has 1 aromatic rings. The van der Waals surface area contributed by atoms with Gasteiger partial charge in [0.2, 0.25) is 0 Å². The maximum Gasteiger partial charge on any atom is 0.128 e. The maximum absolute atomic E-state index is 13.9. The first-order valence-electron chi connectivity index (χ1n) is 7.39. The summed E-state index contributed by atoms with van der Waals surface area (Å²) in [5.41, 5.74) is 0.479. The average molecular weight is 267 g/mol. The van der Waals surface area contributed by atoms with E-state index in [9.17, 15) is 8.78 Å². The third kappa shape index (κ3) is 4.00. The third-order valence-electron chi connectivity index (χ3n) is 4.08.